The van der Waals surface area contributed by atoms with Gasteiger partial charge in [0.2, 0.25) is 5.91 Å². The molecular weight excluding hydrogens is 394 g/mol. The summed E-state index contributed by atoms with van der Waals surface area (Å²) in [5.74, 6) is 0.148. The van der Waals surface area contributed by atoms with Gasteiger partial charge in [0.15, 0.2) is 11.0 Å². The van der Waals surface area contributed by atoms with Gasteiger partial charge in [-0.15, -0.1) is 10.2 Å². The van der Waals surface area contributed by atoms with Gasteiger partial charge in [-0.1, -0.05) is 23.9 Å². The molecule has 3 N–H and O–H groups in total. The molecule has 2 amide bonds. The molecule has 0 saturated heterocycles. The van der Waals surface area contributed by atoms with Gasteiger partial charge in [0.05, 0.1) is 17.4 Å². The standard InChI is InChI=1S/C15H18BrN5O2S/c1-3-21-13(19-20-15(21)24-8-12(17)22)9(2)18-14(23)10-6-4-5-7-11(10)16/h4-7,9H,3,8H2,1-2H3,(H2,17,22)(H,18,23)/t9-/m1/s1. The number of hydrogen-bond donors (Lipinski definition) is 2. The molecule has 2 aromatic rings. The molecule has 0 unspecified atom stereocenters. The predicted octanol–water partition coefficient (Wildman–Crippen LogP) is 2.13. The van der Waals surface area contributed by atoms with Gasteiger partial charge in [0.25, 0.3) is 5.91 Å². The molecule has 1 aromatic carbocycles. The Hall–Kier alpha value is -1.87. The van der Waals surface area contributed by atoms with E-state index in [2.05, 4.69) is 31.4 Å². The number of amides is 2. The maximum absolute atomic E-state index is 12.4. The number of rotatable bonds is 7. The smallest absolute Gasteiger partial charge is 0.253 e. The van der Waals surface area contributed by atoms with Crippen molar-refractivity contribution in [2.24, 2.45) is 5.73 Å². The Morgan fingerprint density at radius 1 is 1.38 bits per heavy atom. The van der Waals surface area contributed by atoms with Crippen LogP contribution in [0, 0.1) is 0 Å². The number of halogens is 1. The highest BCUT2D eigenvalue weighted by Gasteiger charge is 2.20. The summed E-state index contributed by atoms with van der Waals surface area (Å²) in [7, 11) is 0. The van der Waals surface area contributed by atoms with Crippen molar-refractivity contribution in [1.29, 1.82) is 0 Å². The average molecular weight is 412 g/mol. The second-order valence-electron chi connectivity index (χ2n) is 5.02. The van der Waals surface area contributed by atoms with E-state index in [1.54, 1.807) is 12.1 Å². The fraction of sp³-hybridized carbons (Fsp3) is 0.333. The SMILES string of the molecule is CCn1c(SCC(N)=O)nnc1[C@@H](C)NC(=O)c1ccccc1Br. The average Bonchev–Trinajstić information content (AvgIpc) is 2.96. The number of hydrogen-bond acceptors (Lipinski definition) is 5. The molecule has 0 bridgehead atoms. The number of nitrogens with one attached hydrogen (secondary N) is 1. The molecule has 1 atom stereocenters. The van der Waals surface area contributed by atoms with Crippen LogP contribution in [-0.4, -0.2) is 32.3 Å². The van der Waals surface area contributed by atoms with Crippen molar-refractivity contribution in [1.82, 2.24) is 20.1 Å². The van der Waals surface area contributed by atoms with E-state index in [9.17, 15) is 9.59 Å². The molecule has 0 fully saturated rings. The molecule has 7 nitrogen and oxygen atoms in total. The predicted molar refractivity (Wildman–Crippen MR) is 95.6 cm³/mol. The van der Waals surface area contributed by atoms with Crippen molar-refractivity contribution < 1.29 is 9.59 Å². The normalized spacial score (nSPS) is 12.0. The zero-order valence-electron chi connectivity index (χ0n) is 13.3. The Bertz CT molecular complexity index is 749. The number of aromatic nitrogens is 3. The first-order valence-electron chi connectivity index (χ1n) is 7.33. The van der Waals surface area contributed by atoms with E-state index in [0.717, 1.165) is 4.47 Å². The van der Waals surface area contributed by atoms with Crippen molar-refractivity contribution in [3.8, 4) is 0 Å². The summed E-state index contributed by atoms with van der Waals surface area (Å²) in [5.41, 5.74) is 5.72. The van der Waals surface area contributed by atoms with Gasteiger partial charge in [0, 0.05) is 11.0 Å². The molecular formula is C15H18BrN5O2S. The third kappa shape index (κ3) is 4.35. The van der Waals surface area contributed by atoms with Gasteiger partial charge in [-0.2, -0.15) is 0 Å². The van der Waals surface area contributed by atoms with E-state index >= 15 is 0 Å². The lowest BCUT2D eigenvalue weighted by Gasteiger charge is -2.15. The second-order valence-corrected chi connectivity index (χ2v) is 6.81. The minimum absolute atomic E-state index is 0.135. The van der Waals surface area contributed by atoms with Crippen LogP contribution in [0.1, 0.15) is 36.1 Å². The molecule has 128 valence electrons. The van der Waals surface area contributed by atoms with E-state index < -0.39 is 5.91 Å². The summed E-state index contributed by atoms with van der Waals surface area (Å²) >= 11 is 4.60. The van der Waals surface area contributed by atoms with Gasteiger partial charge < -0.3 is 15.6 Å². The first kappa shape index (κ1) is 18.5. The number of primary amides is 1. The van der Waals surface area contributed by atoms with Crippen molar-refractivity contribution in [2.75, 3.05) is 5.75 Å². The van der Waals surface area contributed by atoms with Crippen LogP contribution in [0.2, 0.25) is 0 Å². The van der Waals surface area contributed by atoms with E-state index in [4.69, 9.17) is 5.73 Å². The maximum Gasteiger partial charge on any atom is 0.253 e. The van der Waals surface area contributed by atoms with Crippen LogP contribution in [0.15, 0.2) is 33.9 Å². The van der Waals surface area contributed by atoms with Crippen LogP contribution in [0.5, 0.6) is 0 Å². The van der Waals surface area contributed by atoms with E-state index in [0.29, 0.717) is 23.1 Å². The topological polar surface area (TPSA) is 103 Å². The first-order chi connectivity index (χ1) is 11.4. The largest absolute Gasteiger partial charge is 0.369 e. The van der Waals surface area contributed by atoms with Gasteiger partial charge in [-0.3, -0.25) is 9.59 Å². The minimum atomic E-state index is -0.414. The number of thioether (sulfide) groups is 1. The molecule has 2 rings (SSSR count). The maximum atomic E-state index is 12.4. The Balaban J connectivity index is 2.15. The highest BCUT2D eigenvalue weighted by atomic mass is 79.9. The third-order valence-electron chi connectivity index (χ3n) is 3.26. The molecule has 0 radical (unpaired) electrons. The lowest BCUT2D eigenvalue weighted by atomic mass is 10.2. The summed E-state index contributed by atoms with van der Waals surface area (Å²) in [6, 6.07) is 6.87. The Morgan fingerprint density at radius 3 is 2.71 bits per heavy atom. The fourth-order valence-electron chi connectivity index (χ4n) is 2.14. The molecule has 0 saturated carbocycles. The zero-order chi connectivity index (χ0) is 17.7. The van der Waals surface area contributed by atoms with Crippen LogP contribution < -0.4 is 11.1 Å². The first-order valence-corrected chi connectivity index (χ1v) is 9.11. The molecule has 9 heteroatoms. The van der Waals surface area contributed by atoms with Crippen molar-refractivity contribution in [3.63, 3.8) is 0 Å². The summed E-state index contributed by atoms with van der Waals surface area (Å²) in [4.78, 5) is 23.3. The summed E-state index contributed by atoms with van der Waals surface area (Å²) < 4.78 is 2.59. The van der Waals surface area contributed by atoms with E-state index in [1.165, 1.54) is 11.8 Å². The van der Waals surface area contributed by atoms with Gasteiger partial charge >= 0.3 is 0 Å². The zero-order valence-corrected chi connectivity index (χ0v) is 15.7. The molecule has 0 aliphatic rings. The van der Waals surface area contributed by atoms with Gasteiger partial charge in [0.1, 0.15) is 0 Å². The van der Waals surface area contributed by atoms with Crippen molar-refractivity contribution in [3.05, 3.63) is 40.1 Å². The Labute approximate surface area is 152 Å². The van der Waals surface area contributed by atoms with E-state index in [1.807, 2.05) is 30.5 Å². The van der Waals surface area contributed by atoms with Crippen LogP contribution in [0.25, 0.3) is 0 Å². The summed E-state index contributed by atoms with van der Waals surface area (Å²) in [5, 5.41) is 11.8. The van der Waals surface area contributed by atoms with Crippen LogP contribution >= 0.6 is 27.7 Å². The summed E-state index contributed by atoms with van der Waals surface area (Å²) in [6.07, 6.45) is 0. The summed E-state index contributed by atoms with van der Waals surface area (Å²) in [6.45, 7) is 4.41. The molecule has 0 aliphatic carbocycles. The highest BCUT2D eigenvalue weighted by Crippen LogP contribution is 2.21. The van der Waals surface area contributed by atoms with Crippen molar-refractivity contribution >= 4 is 39.5 Å². The van der Waals surface area contributed by atoms with E-state index in [-0.39, 0.29) is 17.7 Å². The quantitative estimate of drug-likeness (QED) is 0.679. The molecule has 24 heavy (non-hydrogen) atoms. The lowest BCUT2D eigenvalue weighted by Crippen LogP contribution is -2.29. The Kier molecular flexibility index (Phi) is 6.38. The number of carbonyl (C=O) groups excluding carboxylic acids is 2. The molecule has 1 heterocycles. The number of carbonyl (C=O) groups is 2. The lowest BCUT2D eigenvalue weighted by molar-refractivity contribution is -0.115. The van der Waals surface area contributed by atoms with Gasteiger partial charge in [-0.05, 0) is 41.9 Å². The minimum Gasteiger partial charge on any atom is -0.369 e. The highest BCUT2D eigenvalue weighted by molar-refractivity contribution is 9.10. The Morgan fingerprint density at radius 2 is 2.08 bits per heavy atom. The fourth-order valence-corrected chi connectivity index (χ4v) is 3.36. The van der Waals surface area contributed by atoms with Crippen LogP contribution in [0.4, 0.5) is 0 Å². The van der Waals surface area contributed by atoms with Crippen LogP contribution in [0.3, 0.4) is 0 Å². The van der Waals surface area contributed by atoms with Crippen LogP contribution in [-0.2, 0) is 11.3 Å². The number of benzene rings is 1. The number of nitrogens with two attached hydrogens (primary N) is 1. The second kappa shape index (κ2) is 8.29. The van der Waals surface area contributed by atoms with Gasteiger partial charge in [-0.25, -0.2) is 0 Å². The molecule has 0 spiro atoms. The molecule has 1 aromatic heterocycles. The van der Waals surface area contributed by atoms with Crippen molar-refractivity contribution in [2.45, 2.75) is 31.6 Å². The third-order valence-corrected chi connectivity index (χ3v) is 4.94. The monoisotopic (exact) mass is 411 g/mol. The number of nitrogens with zero attached hydrogens (tertiary/aromatic N) is 3. The molecule has 0 aliphatic heterocycles.